The van der Waals surface area contributed by atoms with Crippen LogP contribution in [0.15, 0.2) is 47.4 Å². The Kier molecular flexibility index (Phi) is 9.10. The molecule has 0 saturated carbocycles. The number of nitrogens with one attached hydrogen (secondary N) is 2. The quantitative estimate of drug-likeness (QED) is 0.362. The third-order valence-corrected chi connectivity index (χ3v) is 6.97. The van der Waals surface area contributed by atoms with Crippen molar-refractivity contribution in [1.29, 1.82) is 0 Å². The summed E-state index contributed by atoms with van der Waals surface area (Å²) in [4.78, 5) is 35.3. The van der Waals surface area contributed by atoms with Gasteiger partial charge < -0.3 is 15.4 Å². The molecule has 0 unspecified atom stereocenters. The van der Waals surface area contributed by atoms with Gasteiger partial charge in [-0.1, -0.05) is 19.9 Å². The summed E-state index contributed by atoms with van der Waals surface area (Å²) in [5.41, 5.74) is -0.0146. The fourth-order valence-corrected chi connectivity index (χ4v) is 4.74. The van der Waals surface area contributed by atoms with Crippen LogP contribution in [0.3, 0.4) is 0 Å². The topological polar surface area (TPSA) is 148 Å². The van der Waals surface area contributed by atoms with Crippen molar-refractivity contribution in [3.63, 3.8) is 0 Å². The number of nitrogens with zero attached hydrogens (tertiary/aromatic N) is 2. The number of hydrogen-bond donors (Lipinski definition) is 2. The van der Waals surface area contributed by atoms with Gasteiger partial charge in [0.05, 0.1) is 11.5 Å². The second-order valence-corrected chi connectivity index (χ2v) is 9.08. The van der Waals surface area contributed by atoms with Crippen molar-refractivity contribution in [3.05, 3.63) is 58.1 Å². The van der Waals surface area contributed by atoms with Crippen LogP contribution in [-0.4, -0.2) is 55.2 Å². The van der Waals surface area contributed by atoms with Crippen LogP contribution >= 0.6 is 0 Å². The summed E-state index contributed by atoms with van der Waals surface area (Å²) in [6.07, 6.45) is 0. The number of carbonyl (C=O) groups is 2. The van der Waals surface area contributed by atoms with Crippen molar-refractivity contribution in [1.82, 2.24) is 9.62 Å². The minimum atomic E-state index is -3.87. The van der Waals surface area contributed by atoms with Gasteiger partial charge in [0.15, 0.2) is 0 Å². The van der Waals surface area contributed by atoms with Crippen LogP contribution < -0.4 is 15.4 Å². The first-order valence-electron chi connectivity index (χ1n) is 10.7. The lowest BCUT2D eigenvalue weighted by atomic mass is 10.1. The highest BCUT2D eigenvalue weighted by Crippen LogP contribution is 2.30. The molecule has 12 heteroatoms. The van der Waals surface area contributed by atoms with E-state index in [2.05, 4.69) is 10.6 Å². The van der Waals surface area contributed by atoms with Crippen LogP contribution in [0.1, 0.15) is 38.1 Å². The number of nitro benzene ring substituents is 1. The van der Waals surface area contributed by atoms with Gasteiger partial charge in [0, 0.05) is 36.5 Å². The van der Waals surface area contributed by atoms with Gasteiger partial charge in [-0.15, -0.1) is 0 Å². The highest BCUT2D eigenvalue weighted by atomic mass is 32.2. The summed E-state index contributed by atoms with van der Waals surface area (Å²) in [5, 5.41) is 16.0. The van der Waals surface area contributed by atoms with Gasteiger partial charge in [0.25, 0.3) is 11.6 Å². The molecule has 0 radical (unpaired) electrons. The molecule has 0 saturated heterocycles. The van der Waals surface area contributed by atoms with E-state index in [1.807, 2.05) is 0 Å². The van der Waals surface area contributed by atoms with E-state index in [1.54, 1.807) is 20.8 Å². The first-order chi connectivity index (χ1) is 16.0. The summed E-state index contributed by atoms with van der Waals surface area (Å²) < 4.78 is 32.9. The van der Waals surface area contributed by atoms with Gasteiger partial charge in [-0.25, -0.2) is 8.42 Å². The lowest BCUT2D eigenvalue weighted by Gasteiger charge is -2.21. The second kappa shape index (κ2) is 11.6. The third-order valence-electron chi connectivity index (χ3n) is 4.89. The standard InChI is InChI=1S/C22H28N4O7S/c1-5-25(6-2)34(31,32)20-14-17(11-12-19(20)33-7-3)24-21(27)15(4)23-22(28)16-9-8-10-18(13-16)26(29)30/h8-15H,5-7H2,1-4H3,(H,23,28)(H,24,27)/t15-/m0/s1. The molecule has 0 bridgehead atoms. The average molecular weight is 493 g/mol. The maximum Gasteiger partial charge on any atom is 0.270 e. The number of benzene rings is 2. The number of sulfonamides is 1. The summed E-state index contributed by atoms with van der Waals surface area (Å²) in [6.45, 7) is 7.40. The van der Waals surface area contributed by atoms with Gasteiger partial charge in [-0.05, 0) is 38.1 Å². The van der Waals surface area contributed by atoms with Crippen LogP contribution in [-0.2, 0) is 14.8 Å². The number of rotatable bonds is 11. The van der Waals surface area contributed by atoms with Crippen molar-refractivity contribution < 1.29 is 27.7 Å². The van der Waals surface area contributed by atoms with Crippen LogP contribution in [0.5, 0.6) is 5.75 Å². The first kappa shape index (κ1) is 26.7. The number of hydrogen-bond acceptors (Lipinski definition) is 7. The summed E-state index contributed by atoms with van der Waals surface area (Å²) in [6, 6.07) is 8.38. The van der Waals surface area contributed by atoms with Gasteiger partial charge in [0.1, 0.15) is 16.7 Å². The molecule has 0 heterocycles. The number of nitro groups is 1. The predicted molar refractivity (Wildman–Crippen MR) is 126 cm³/mol. The number of ether oxygens (including phenoxy) is 1. The zero-order valence-electron chi connectivity index (χ0n) is 19.4. The van der Waals surface area contributed by atoms with Crippen molar-refractivity contribution in [2.45, 2.75) is 38.6 Å². The highest BCUT2D eigenvalue weighted by molar-refractivity contribution is 7.89. The van der Waals surface area contributed by atoms with E-state index in [0.717, 1.165) is 6.07 Å². The Hall–Kier alpha value is -3.51. The molecule has 184 valence electrons. The Balaban J connectivity index is 2.22. The molecule has 0 aliphatic heterocycles. The average Bonchev–Trinajstić information content (AvgIpc) is 2.80. The fourth-order valence-electron chi connectivity index (χ4n) is 3.12. The summed E-state index contributed by atoms with van der Waals surface area (Å²) in [7, 11) is -3.87. The lowest BCUT2D eigenvalue weighted by molar-refractivity contribution is -0.384. The van der Waals surface area contributed by atoms with Gasteiger partial charge in [-0.2, -0.15) is 4.31 Å². The molecule has 2 aromatic rings. The zero-order valence-corrected chi connectivity index (χ0v) is 20.2. The van der Waals surface area contributed by atoms with E-state index in [0.29, 0.717) is 0 Å². The zero-order chi connectivity index (χ0) is 25.5. The molecule has 2 rings (SSSR count). The smallest absolute Gasteiger partial charge is 0.270 e. The summed E-state index contributed by atoms with van der Waals surface area (Å²) in [5.74, 6) is -1.10. The van der Waals surface area contributed by atoms with Crippen molar-refractivity contribution in [2.24, 2.45) is 0 Å². The Morgan fingerprint density at radius 1 is 1.12 bits per heavy atom. The number of carbonyl (C=O) groups excluding carboxylic acids is 2. The third kappa shape index (κ3) is 6.29. The molecule has 0 spiro atoms. The van der Waals surface area contributed by atoms with E-state index in [1.165, 1.54) is 47.6 Å². The molecule has 11 nitrogen and oxygen atoms in total. The maximum absolute atomic E-state index is 13.1. The van der Waals surface area contributed by atoms with E-state index < -0.39 is 32.8 Å². The highest BCUT2D eigenvalue weighted by Gasteiger charge is 2.27. The van der Waals surface area contributed by atoms with Crippen LogP contribution in [0.2, 0.25) is 0 Å². The monoisotopic (exact) mass is 492 g/mol. The SMILES string of the molecule is CCOc1ccc(NC(=O)[C@H](C)NC(=O)c2cccc([N+](=O)[O-])c2)cc1S(=O)(=O)N(CC)CC. The molecule has 0 fully saturated rings. The predicted octanol–water partition coefficient (Wildman–Crippen LogP) is 2.78. The number of anilines is 1. The molecule has 2 N–H and O–H groups in total. The number of non-ortho nitro benzene ring substituents is 1. The second-order valence-electron chi connectivity index (χ2n) is 7.18. The van der Waals surface area contributed by atoms with Crippen LogP contribution in [0.4, 0.5) is 11.4 Å². The van der Waals surface area contributed by atoms with Gasteiger partial charge in [0.2, 0.25) is 15.9 Å². The molecular formula is C22H28N4O7S. The molecule has 1 atom stereocenters. The molecule has 0 aromatic heterocycles. The fraction of sp³-hybridized carbons (Fsp3) is 0.364. The van der Waals surface area contributed by atoms with E-state index in [4.69, 9.17) is 4.74 Å². The molecule has 2 amide bonds. The van der Waals surface area contributed by atoms with E-state index in [9.17, 15) is 28.1 Å². The lowest BCUT2D eigenvalue weighted by Crippen LogP contribution is -2.41. The van der Waals surface area contributed by atoms with E-state index in [-0.39, 0.29) is 47.3 Å². The Morgan fingerprint density at radius 3 is 2.38 bits per heavy atom. The van der Waals surface area contributed by atoms with Gasteiger partial charge >= 0.3 is 0 Å². The largest absolute Gasteiger partial charge is 0.492 e. The molecule has 34 heavy (non-hydrogen) atoms. The molecule has 2 aromatic carbocycles. The van der Waals surface area contributed by atoms with Crippen molar-refractivity contribution in [2.75, 3.05) is 25.0 Å². The molecule has 0 aliphatic carbocycles. The first-order valence-corrected chi connectivity index (χ1v) is 12.1. The minimum Gasteiger partial charge on any atom is -0.492 e. The molecule has 0 aliphatic rings. The minimum absolute atomic E-state index is 0.0301. The Labute approximate surface area is 198 Å². The molecular weight excluding hydrogens is 464 g/mol. The number of amides is 2. The summed E-state index contributed by atoms with van der Waals surface area (Å²) >= 11 is 0. The van der Waals surface area contributed by atoms with Crippen molar-refractivity contribution in [3.8, 4) is 5.75 Å². The Morgan fingerprint density at radius 2 is 1.79 bits per heavy atom. The van der Waals surface area contributed by atoms with Gasteiger partial charge in [-0.3, -0.25) is 19.7 Å². The normalized spacial score (nSPS) is 12.1. The van der Waals surface area contributed by atoms with Crippen LogP contribution in [0.25, 0.3) is 0 Å². The van der Waals surface area contributed by atoms with E-state index >= 15 is 0 Å². The van der Waals surface area contributed by atoms with Crippen molar-refractivity contribution >= 4 is 33.2 Å². The Bertz CT molecular complexity index is 1160. The van der Waals surface area contributed by atoms with Crippen LogP contribution in [0, 0.1) is 10.1 Å². The maximum atomic E-state index is 13.1.